The van der Waals surface area contributed by atoms with E-state index < -0.39 is 31.8 Å². The number of aromatic nitrogens is 2. The van der Waals surface area contributed by atoms with Gasteiger partial charge in [-0.3, -0.25) is 9.97 Å². The lowest BCUT2D eigenvalue weighted by Crippen LogP contribution is -2.47. The van der Waals surface area contributed by atoms with Crippen molar-refractivity contribution in [1.82, 2.24) is 24.3 Å². The molecule has 0 aliphatic carbocycles. The van der Waals surface area contributed by atoms with E-state index in [1.165, 1.54) is 29.7 Å². The van der Waals surface area contributed by atoms with Crippen LogP contribution in [0.15, 0.2) is 64.6 Å². The van der Waals surface area contributed by atoms with Crippen molar-refractivity contribution in [1.29, 1.82) is 0 Å². The Balaban J connectivity index is 1.09. The van der Waals surface area contributed by atoms with Crippen LogP contribution < -0.4 is 14.8 Å². The third-order valence-corrected chi connectivity index (χ3v) is 10.7. The Labute approximate surface area is 233 Å². The van der Waals surface area contributed by atoms with Gasteiger partial charge < -0.3 is 19.9 Å². The van der Waals surface area contributed by atoms with Crippen LogP contribution in [0.25, 0.3) is 11.0 Å². The summed E-state index contributed by atoms with van der Waals surface area (Å²) in [6.45, 7) is 1.40. The molecule has 14 heteroatoms. The number of hydrogen-bond acceptors (Lipinski definition) is 10. The van der Waals surface area contributed by atoms with Crippen molar-refractivity contribution in [2.75, 3.05) is 39.9 Å². The number of hydrogen-bond donors (Lipinski definition) is 3. The van der Waals surface area contributed by atoms with Gasteiger partial charge in [-0.2, -0.15) is 4.31 Å². The molecule has 0 amide bonds. The summed E-state index contributed by atoms with van der Waals surface area (Å²) < 4.78 is 65.9. The highest BCUT2D eigenvalue weighted by atomic mass is 32.2. The largest absolute Gasteiger partial charge is 0.491 e. The fourth-order valence-electron chi connectivity index (χ4n) is 5.09. The molecule has 1 spiro atoms. The first-order valence-electron chi connectivity index (χ1n) is 13.0. The molecular formula is C26H33N5O7S2. The third kappa shape index (κ3) is 6.28. The predicted molar refractivity (Wildman–Crippen MR) is 147 cm³/mol. The third-order valence-electron chi connectivity index (χ3n) is 7.38. The first-order chi connectivity index (χ1) is 19.1. The Bertz CT molecular complexity index is 1560. The standard InChI is InChI=1S/C26H33N5O7S2/c1-27-39(33,34)22-5-2-4-21(12-22)37-18-20(32)15-29-19-14-26(38-17-19)7-10-31(11-8-26)40(35,36)23-13-25-24(30-16-23)6-3-9-28-25/h2-6,9,12-13,16,19-20,27,29,32H,7-8,10-11,14-15,17-18H2,1H3/t19-,20+/m1/s1. The van der Waals surface area contributed by atoms with Gasteiger partial charge in [-0.05, 0) is 56.6 Å². The molecule has 4 heterocycles. The second kappa shape index (κ2) is 11.6. The zero-order valence-electron chi connectivity index (χ0n) is 22.1. The number of rotatable bonds is 10. The molecule has 40 heavy (non-hydrogen) atoms. The summed E-state index contributed by atoms with van der Waals surface area (Å²) in [5.41, 5.74) is 0.767. The number of aliphatic hydroxyl groups excluding tert-OH is 1. The van der Waals surface area contributed by atoms with E-state index in [0.717, 1.165) is 0 Å². The van der Waals surface area contributed by atoms with Gasteiger partial charge >= 0.3 is 0 Å². The van der Waals surface area contributed by atoms with E-state index in [1.54, 1.807) is 36.5 Å². The van der Waals surface area contributed by atoms with Crippen LogP contribution in [0.4, 0.5) is 0 Å². The topological polar surface area (TPSA) is 160 Å². The summed E-state index contributed by atoms with van der Waals surface area (Å²) in [6, 6.07) is 11.2. The molecule has 216 valence electrons. The van der Waals surface area contributed by atoms with E-state index in [0.29, 0.717) is 55.7 Å². The number of nitrogens with zero attached hydrogens (tertiary/aromatic N) is 3. The predicted octanol–water partition coefficient (Wildman–Crippen LogP) is 0.880. The highest BCUT2D eigenvalue weighted by Gasteiger charge is 2.44. The molecule has 2 fully saturated rings. The lowest BCUT2D eigenvalue weighted by Gasteiger charge is -2.38. The van der Waals surface area contributed by atoms with Crippen LogP contribution in [-0.2, 0) is 24.8 Å². The van der Waals surface area contributed by atoms with Crippen LogP contribution in [0.5, 0.6) is 5.75 Å². The van der Waals surface area contributed by atoms with E-state index in [2.05, 4.69) is 20.0 Å². The second-order valence-electron chi connectivity index (χ2n) is 10.1. The number of aliphatic hydroxyl groups is 1. The summed E-state index contributed by atoms with van der Waals surface area (Å²) in [4.78, 5) is 8.68. The van der Waals surface area contributed by atoms with Crippen molar-refractivity contribution in [2.24, 2.45) is 0 Å². The number of pyridine rings is 2. The van der Waals surface area contributed by atoms with Crippen molar-refractivity contribution >= 4 is 31.1 Å². The maximum atomic E-state index is 13.3. The summed E-state index contributed by atoms with van der Waals surface area (Å²) in [6.07, 6.45) is 4.02. The molecule has 2 atom stereocenters. The molecule has 0 bridgehead atoms. The first kappa shape index (κ1) is 28.8. The molecule has 5 rings (SSSR count). The highest BCUT2D eigenvalue weighted by molar-refractivity contribution is 7.89. The van der Waals surface area contributed by atoms with E-state index in [-0.39, 0.29) is 29.0 Å². The SMILES string of the molecule is CNS(=O)(=O)c1cccc(OC[C@@H](O)CN[C@H]2COC3(CCN(S(=O)(=O)c4cnc5cccnc5c4)CC3)C2)c1. The minimum absolute atomic E-state index is 0.0117. The van der Waals surface area contributed by atoms with Crippen LogP contribution >= 0.6 is 0 Å². The van der Waals surface area contributed by atoms with E-state index in [9.17, 15) is 21.9 Å². The molecule has 0 radical (unpaired) electrons. The van der Waals surface area contributed by atoms with Crippen LogP contribution in [0.2, 0.25) is 0 Å². The van der Waals surface area contributed by atoms with Gasteiger partial charge in [-0.1, -0.05) is 6.07 Å². The average Bonchev–Trinajstić information content (AvgIpc) is 3.37. The molecule has 2 aliphatic rings. The van der Waals surface area contributed by atoms with Crippen LogP contribution in [0, 0.1) is 0 Å². The maximum absolute atomic E-state index is 13.3. The van der Waals surface area contributed by atoms with E-state index >= 15 is 0 Å². The van der Waals surface area contributed by atoms with Gasteiger partial charge in [0.05, 0.1) is 28.1 Å². The van der Waals surface area contributed by atoms with Gasteiger partial charge in [0.15, 0.2) is 0 Å². The van der Waals surface area contributed by atoms with Gasteiger partial charge in [0.2, 0.25) is 20.0 Å². The van der Waals surface area contributed by atoms with Crippen molar-refractivity contribution in [3.05, 3.63) is 54.9 Å². The number of fused-ring (bicyclic) bond motifs is 1. The summed E-state index contributed by atoms with van der Waals surface area (Å²) in [7, 11) is -5.95. The molecular weight excluding hydrogens is 558 g/mol. The van der Waals surface area contributed by atoms with Crippen LogP contribution in [0.1, 0.15) is 19.3 Å². The van der Waals surface area contributed by atoms with E-state index in [4.69, 9.17) is 9.47 Å². The number of nitrogens with one attached hydrogen (secondary N) is 2. The highest BCUT2D eigenvalue weighted by Crippen LogP contribution is 2.37. The molecule has 2 aliphatic heterocycles. The monoisotopic (exact) mass is 591 g/mol. The van der Waals surface area contributed by atoms with E-state index in [1.807, 2.05) is 0 Å². The van der Waals surface area contributed by atoms with Gasteiger partial charge in [0, 0.05) is 44.1 Å². The number of benzene rings is 1. The number of sulfonamides is 2. The molecule has 2 aromatic heterocycles. The lowest BCUT2D eigenvalue weighted by atomic mass is 9.88. The molecule has 3 N–H and O–H groups in total. The van der Waals surface area contributed by atoms with Crippen molar-refractivity contribution in [2.45, 2.75) is 46.8 Å². The Morgan fingerprint density at radius 3 is 2.67 bits per heavy atom. The molecule has 2 saturated heterocycles. The molecule has 0 unspecified atom stereocenters. The normalized spacial score (nSPS) is 20.6. The van der Waals surface area contributed by atoms with Gasteiger partial charge in [-0.25, -0.2) is 21.6 Å². The Hall–Kier alpha value is -2.72. The van der Waals surface area contributed by atoms with Crippen molar-refractivity contribution < 1.29 is 31.4 Å². The zero-order valence-corrected chi connectivity index (χ0v) is 23.7. The van der Waals surface area contributed by atoms with Gasteiger partial charge in [0.25, 0.3) is 0 Å². The van der Waals surface area contributed by atoms with Gasteiger partial charge in [0.1, 0.15) is 23.4 Å². The maximum Gasteiger partial charge on any atom is 0.244 e. The Kier molecular flexibility index (Phi) is 8.38. The molecule has 1 aromatic carbocycles. The molecule has 0 saturated carbocycles. The molecule has 3 aromatic rings. The minimum Gasteiger partial charge on any atom is -0.491 e. The van der Waals surface area contributed by atoms with Crippen molar-refractivity contribution in [3.63, 3.8) is 0 Å². The second-order valence-corrected chi connectivity index (χ2v) is 13.9. The Morgan fingerprint density at radius 1 is 1.10 bits per heavy atom. The summed E-state index contributed by atoms with van der Waals surface area (Å²) in [5.74, 6) is 0.343. The quantitative estimate of drug-likeness (QED) is 0.309. The molecule has 12 nitrogen and oxygen atoms in total. The number of ether oxygens (including phenoxy) is 2. The lowest BCUT2D eigenvalue weighted by molar-refractivity contribution is -0.0312. The summed E-state index contributed by atoms with van der Waals surface area (Å²) >= 11 is 0. The minimum atomic E-state index is -3.70. The van der Waals surface area contributed by atoms with Crippen LogP contribution in [-0.4, -0.2) is 93.9 Å². The first-order valence-corrected chi connectivity index (χ1v) is 16.0. The fourth-order valence-corrected chi connectivity index (χ4v) is 7.26. The summed E-state index contributed by atoms with van der Waals surface area (Å²) in [5, 5.41) is 13.7. The smallest absolute Gasteiger partial charge is 0.244 e. The average molecular weight is 592 g/mol. The zero-order chi connectivity index (χ0) is 28.4. The van der Waals surface area contributed by atoms with Crippen molar-refractivity contribution in [3.8, 4) is 5.75 Å². The Morgan fingerprint density at radius 2 is 1.90 bits per heavy atom. The fraction of sp³-hybridized carbons (Fsp3) is 0.462. The van der Waals surface area contributed by atoms with Crippen LogP contribution in [0.3, 0.4) is 0 Å². The number of piperidine rings is 1. The van der Waals surface area contributed by atoms with Gasteiger partial charge in [-0.15, -0.1) is 0 Å².